The highest BCUT2D eigenvalue weighted by Crippen LogP contribution is 2.23. The lowest BCUT2D eigenvalue weighted by Crippen LogP contribution is -2.34. The summed E-state index contributed by atoms with van der Waals surface area (Å²) in [6.45, 7) is 1.84. The van der Waals surface area contributed by atoms with Crippen LogP contribution in [-0.4, -0.2) is 42.5 Å². The molecule has 5 heteroatoms. The fraction of sp³-hybridized carbons (Fsp3) is 0.312. The molecule has 1 aliphatic heterocycles. The number of nitrogens with zero attached hydrogens (tertiary/aromatic N) is 4. The molecular weight excluding hydrogens is 264 g/mol. The van der Waals surface area contributed by atoms with E-state index in [9.17, 15) is 10.1 Å². The van der Waals surface area contributed by atoms with Gasteiger partial charge in [0.25, 0.3) is 0 Å². The van der Waals surface area contributed by atoms with Gasteiger partial charge in [-0.2, -0.15) is 5.26 Å². The molecule has 0 bridgehead atoms. The van der Waals surface area contributed by atoms with E-state index in [-0.39, 0.29) is 5.91 Å². The molecule has 1 aromatic carbocycles. The number of rotatable bonds is 1. The predicted molar refractivity (Wildman–Crippen MR) is 80.9 cm³/mol. The molecule has 1 aromatic heterocycles. The Morgan fingerprint density at radius 1 is 1.29 bits per heavy atom. The lowest BCUT2D eigenvalue weighted by Gasteiger charge is -2.21. The second-order valence-electron chi connectivity index (χ2n) is 5.25. The van der Waals surface area contributed by atoms with Crippen molar-refractivity contribution in [2.75, 3.05) is 31.6 Å². The van der Waals surface area contributed by atoms with Crippen LogP contribution >= 0.6 is 0 Å². The van der Waals surface area contributed by atoms with E-state index in [1.807, 2.05) is 36.2 Å². The lowest BCUT2D eigenvalue weighted by atomic mass is 10.1. The van der Waals surface area contributed by atoms with Crippen molar-refractivity contribution < 1.29 is 4.79 Å². The van der Waals surface area contributed by atoms with Crippen LogP contribution in [0.1, 0.15) is 12.0 Å². The fourth-order valence-corrected chi connectivity index (χ4v) is 2.60. The number of amides is 1. The molecule has 1 saturated heterocycles. The normalized spacial score (nSPS) is 15.9. The first-order chi connectivity index (χ1) is 10.2. The van der Waals surface area contributed by atoms with Crippen LogP contribution in [0.3, 0.4) is 0 Å². The van der Waals surface area contributed by atoms with Crippen molar-refractivity contribution in [1.82, 2.24) is 9.88 Å². The van der Waals surface area contributed by atoms with Crippen LogP contribution in [0.15, 0.2) is 30.3 Å². The van der Waals surface area contributed by atoms with Gasteiger partial charge in [0.05, 0.1) is 23.7 Å². The Kier molecular flexibility index (Phi) is 3.44. The van der Waals surface area contributed by atoms with Gasteiger partial charge in [-0.05, 0) is 18.6 Å². The summed E-state index contributed by atoms with van der Waals surface area (Å²) in [5.74, 6) is 0.787. The van der Waals surface area contributed by atoms with Gasteiger partial charge >= 0.3 is 0 Å². The van der Waals surface area contributed by atoms with Crippen LogP contribution in [0.4, 0.5) is 5.82 Å². The van der Waals surface area contributed by atoms with Gasteiger partial charge in [-0.3, -0.25) is 4.79 Å². The third-order valence-electron chi connectivity index (χ3n) is 3.82. The minimum atomic E-state index is 0.0842. The van der Waals surface area contributed by atoms with Gasteiger partial charge in [0.2, 0.25) is 5.91 Å². The summed E-state index contributed by atoms with van der Waals surface area (Å²) < 4.78 is 0. The molecule has 1 amide bonds. The Balaban J connectivity index is 2.04. The van der Waals surface area contributed by atoms with Crippen LogP contribution in [0, 0.1) is 11.3 Å². The maximum Gasteiger partial charge on any atom is 0.241 e. The monoisotopic (exact) mass is 280 g/mol. The number of benzene rings is 1. The number of carbonyl (C=O) groups excluding carboxylic acids is 1. The number of fused-ring (bicyclic) bond motifs is 1. The summed E-state index contributed by atoms with van der Waals surface area (Å²) in [5.41, 5.74) is 1.39. The molecule has 106 valence electrons. The number of aromatic nitrogens is 1. The minimum Gasteiger partial charge on any atom is -0.347 e. The van der Waals surface area contributed by atoms with E-state index in [1.165, 1.54) is 0 Å². The molecular formula is C16H16N4O. The second kappa shape index (κ2) is 5.41. The van der Waals surface area contributed by atoms with Crippen molar-refractivity contribution >= 4 is 22.6 Å². The Morgan fingerprint density at radius 3 is 2.90 bits per heavy atom. The number of anilines is 1. The van der Waals surface area contributed by atoms with Crippen molar-refractivity contribution in [3.63, 3.8) is 0 Å². The summed E-state index contributed by atoms with van der Waals surface area (Å²) in [5, 5.41) is 10.2. The summed E-state index contributed by atoms with van der Waals surface area (Å²) in [6, 6.07) is 11.6. The van der Waals surface area contributed by atoms with Crippen molar-refractivity contribution in [2.24, 2.45) is 0 Å². The van der Waals surface area contributed by atoms with Crippen LogP contribution < -0.4 is 4.90 Å². The van der Waals surface area contributed by atoms with Crippen LogP contribution in [0.25, 0.3) is 10.9 Å². The van der Waals surface area contributed by atoms with Gasteiger partial charge in [-0.25, -0.2) is 4.98 Å². The Labute approximate surface area is 123 Å². The Hall–Kier alpha value is -2.61. The minimum absolute atomic E-state index is 0.0842. The largest absolute Gasteiger partial charge is 0.347 e. The standard InChI is InChI=1S/C16H16N4O/c1-19-7-4-8-20(11-16(19)21)15-9-12(10-17)13-5-2-3-6-14(13)18-15/h2-3,5-6,9H,4,7-8,11H2,1H3. The highest BCUT2D eigenvalue weighted by atomic mass is 16.2. The van der Waals surface area contributed by atoms with Gasteiger partial charge in [0, 0.05) is 25.5 Å². The number of hydrogen-bond acceptors (Lipinski definition) is 4. The molecule has 0 spiro atoms. The molecule has 5 nitrogen and oxygen atoms in total. The van der Waals surface area contributed by atoms with E-state index in [0.717, 1.165) is 30.4 Å². The van der Waals surface area contributed by atoms with Crippen LogP contribution in [0.5, 0.6) is 0 Å². The van der Waals surface area contributed by atoms with Crippen molar-refractivity contribution in [1.29, 1.82) is 5.26 Å². The average molecular weight is 280 g/mol. The number of carbonyl (C=O) groups is 1. The maximum absolute atomic E-state index is 12.0. The van der Waals surface area contributed by atoms with E-state index >= 15 is 0 Å². The van der Waals surface area contributed by atoms with Gasteiger partial charge in [-0.15, -0.1) is 0 Å². The Morgan fingerprint density at radius 2 is 2.10 bits per heavy atom. The van der Waals surface area contributed by atoms with E-state index in [0.29, 0.717) is 17.9 Å². The van der Waals surface area contributed by atoms with Gasteiger partial charge in [0.1, 0.15) is 5.82 Å². The summed E-state index contributed by atoms with van der Waals surface area (Å²) in [4.78, 5) is 20.3. The number of para-hydroxylation sites is 1. The quantitative estimate of drug-likeness (QED) is 0.799. The highest BCUT2D eigenvalue weighted by Gasteiger charge is 2.20. The zero-order valence-corrected chi connectivity index (χ0v) is 11.9. The van der Waals surface area contributed by atoms with E-state index < -0.39 is 0 Å². The third kappa shape index (κ3) is 2.52. The molecule has 0 atom stereocenters. The third-order valence-corrected chi connectivity index (χ3v) is 3.82. The molecule has 0 radical (unpaired) electrons. The molecule has 1 fully saturated rings. The van der Waals surface area contributed by atoms with E-state index in [4.69, 9.17) is 0 Å². The fourth-order valence-electron chi connectivity index (χ4n) is 2.60. The van der Waals surface area contributed by atoms with E-state index in [1.54, 1.807) is 11.0 Å². The molecule has 2 heterocycles. The van der Waals surface area contributed by atoms with Gasteiger partial charge < -0.3 is 9.80 Å². The molecule has 1 aliphatic rings. The van der Waals surface area contributed by atoms with Gasteiger partial charge in [-0.1, -0.05) is 18.2 Å². The van der Waals surface area contributed by atoms with Crippen molar-refractivity contribution in [3.8, 4) is 6.07 Å². The SMILES string of the molecule is CN1CCCN(c2cc(C#N)c3ccccc3n2)CC1=O. The number of nitriles is 1. The molecule has 2 aromatic rings. The number of pyridine rings is 1. The van der Waals surface area contributed by atoms with Crippen LogP contribution in [0.2, 0.25) is 0 Å². The summed E-state index contributed by atoms with van der Waals surface area (Å²) >= 11 is 0. The molecule has 0 N–H and O–H groups in total. The lowest BCUT2D eigenvalue weighted by molar-refractivity contribution is -0.127. The van der Waals surface area contributed by atoms with Crippen molar-refractivity contribution in [2.45, 2.75) is 6.42 Å². The molecule has 0 saturated carbocycles. The predicted octanol–water partition coefficient (Wildman–Crippen LogP) is 1.77. The second-order valence-corrected chi connectivity index (χ2v) is 5.25. The smallest absolute Gasteiger partial charge is 0.241 e. The molecule has 0 unspecified atom stereocenters. The van der Waals surface area contributed by atoms with Crippen molar-refractivity contribution in [3.05, 3.63) is 35.9 Å². The Bertz CT molecular complexity index is 735. The number of likely N-dealkylation sites (N-methyl/N-ethyl adjacent to an activating group) is 1. The first-order valence-corrected chi connectivity index (χ1v) is 6.98. The zero-order valence-electron chi connectivity index (χ0n) is 11.9. The van der Waals surface area contributed by atoms with E-state index in [2.05, 4.69) is 11.1 Å². The first-order valence-electron chi connectivity index (χ1n) is 6.98. The maximum atomic E-state index is 12.0. The average Bonchev–Trinajstić information content (AvgIpc) is 2.68. The number of hydrogen-bond donors (Lipinski definition) is 0. The summed E-state index contributed by atoms with van der Waals surface area (Å²) in [7, 11) is 1.82. The van der Waals surface area contributed by atoms with Gasteiger partial charge in [0.15, 0.2) is 0 Å². The topological polar surface area (TPSA) is 60.2 Å². The van der Waals surface area contributed by atoms with Crippen LogP contribution in [-0.2, 0) is 4.79 Å². The first kappa shape index (κ1) is 13.4. The molecule has 0 aliphatic carbocycles. The molecule has 3 rings (SSSR count). The zero-order chi connectivity index (χ0) is 14.8. The molecule has 21 heavy (non-hydrogen) atoms. The summed E-state index contributed by atoms with van der Waals surface area (Å²) in [6.07, 6.45) is 0.901. The highest BCUT2D eigenvalue weighted by molar-refractivity contribution is 5.87.